The third-order valence-electron chi connectivity index (χ3n) is 3.94. The number of hydrogen-bond donors (Lipinski definition) is 2. The van der Waals surface area contributed by atoms with E-state index in [0.29, 0.717) is 30.0 Å². The van der Waals surface area contributed by atoms with E-state index in [2.05, 4.69) is 5.32 Å². The molecule has 0 saturated carbocycles. The highest BCUT2D eigenvalue weighted by molar-refractivity contribution is 8.00. The molecule has 2 N–H and O–H groups in total. The molecular weight excluding hydrogens is 468 g/mol. The maximum Gasteiger partial charge on any atom is 0.407 e. The predicted octanol–water partition coefficient (Wildman–Crippen LogP) is 5.23. The minimum atomic E-state index is -0.736. The van der Waals surface area contributed by atoms with E-state index in [1.807, 2.05) is 0 Å². The predicted molar refractivity (Wildman–Crippen MR) is 127 cm³/mol. The smallest absolute Gasteiger partial charge is 0.407 e. The van der Waals surface area contributed by atoms with Crippen LogP contribution in [0.1, 0.15) is 38.0 Å². The first-order valence-corrected chi connectivity index (χ1v) is 11.5. The molecule has 188 valence electrons. The van der Waals surface area contributed by atoms with E-state index in [4.69, 9.17) is 19.3 Å². The number of aliphatic hydroxyl groups is 1. The number of hydrogen-bond acceptors (Lipinski definition) is 7. The van der Waals surface area contributed by atoms with E-state index in [-0.39, 0.29) is 5.75 Å². The van der Waals surface area contributed by atoms with E-state index < -0.39 is 34.5 Å². The zero-order valence-electron chi connectivity index (χ0n) is 19.9. The summed E-state index contributed by atoms with van der Waals surface area (Å²) in [5.74, 6) is -0.882. The topological polar surface area (TPSA) is 94.1 Å². The molecule has 0 aliphatic rings. The van der Waals surface area contributed by atoms with Gasteiger partial charge in [-0.15, -0.1) is 11.8 Å². The van der Waals surface area contributed by atoms with Crippen molar-refractivity contribution in [2.45, 2.75) is 38.0 Å². The summed E-state index contributed by atoms with van der Waals surface area (Å²) in [7, 11) is 2.32. The SMILES string of the molecule is CO.COC(=O)C(SCCCNC(=O)OC(C)(C)C)c1ccc(Oc2cc(F)cc(F)c2)cc1. The second-order valence-corrected chi connectivity index (χ2v) is 9.05. The molecule has 1 amide bonds. The van der Waals surface area contributed by atoms with Crippen LogP contribution >= 0.6 is 11.8 Å². The van der Waals surface area contributed by atoms with Crippen molar-refractivity contribution in [1.29, 1.82) is 0 Å². The quantitative estimate of drug-likeness (QED) is 0.361. The van der Waals surface area contributed by atoms with Crippen molar-refractivity contribution in [1.82, 2.24) is 5.32 Å². The number of ether oxygens (including phenoxy) is 3. The fraction of sp³-hybridized carbons (Fsp3) is 0.417. The van der Waals surface area contributed by atoms with Gasteiger partial charge in [0.2, 0.25) is 0 Å². The van der Waals surface area contributed by atoms with Crippen molar-refractivity contribution in [2.75, 3.05) is 26.5 Å². The van der Waals surface area contributed by atoms with Gasteiger partial charge in [0.25, 0.3) is 0 Å². The lowest BCUT2D eigenvalue weighted by atomic mass is 10.1. The van der Waals surface area contributed by atoms with Crippen molar-refractivity contribution < 1.29 is 37.7 Å². The first kappa shape index (κ1) is 29.2. The number of carbonyl (C=O) groups excluding carboxylic acids is 2. The van der Waals surface area contributed by atoms with Crippen LogP contribution in [0.4, 0.5) is 13.6 Å². The lowest BCUT2D eigenvalue weighted by molar-refractivity contribution is -0.140. The first-order chi connectivity index (χ1) is 16.1. The number of halogens is 2. The summed E-state index contributed by atoms with van der Waals surface area (Å²) in [6.07, 6.45) is 0.143. The zero-order chi connectivity index (χ0) is 25.7. The molecule has 2 aromatic carbocycles. The van der Waals surface area contributed by atoms with E-state index >= 15 is 0 Å². The molecule has 0 saturated heterocycles. The van der Waals surface area contributed by atoms with Gasteiger partial charge in [-0.25, -0.2) is 13.6 Å². The molecule has 2 rings (SSSR count). The van der Waals surface area contributed by atoms with Crippen LogP contribution in [0.3, 0.4) is 0 Å². The number of rotatable bonds is 9. The van der Waals surface area contributed by atoms with Crippen molar-refractivity contribution in [3.63, 3.8) is 0 Å². The molecule has 0 aromatic heterocycles. The van der Waals surface area contributed by atoms with Gasteiger partial charge in [-0.05, 0) is 50.6 Å². The van der Waals surface area contributed by atoms with Crippen LogP contribution in [-0.2, 0) is 14.3 Å². The summed E-state index contributed by atoms with van der Waals surface area (Å²) < 4.78 is 42.2. The summed E-state index contributed by atoms with van der Waals surface area (Å²) in [5.41, 5.74) is 0.132. The lowest BCUT2D eigenvalue weighted by Gasteiger charge is -2.19. The summed E-state index contributed by atoms with van der Waals surface area (Å²) >= 11 is 1.38. The van der Waals surface area contributed by atoms with Gasteiger partial charge in [-0.2, -0.15) is 0 Å². The summed E-state index contributed by atoms with van der Waals surface area (Å²) in [6, 6.07) is 9.52. The number of alkyl carbamates (subject to hydrolysis) is 1. The summed E-state index contributed by atoms with van der Waals surface area (Å²) in [6.45, 7) is 5.77. The fourth-order valence-corrected chi connectivity index (χ4v) is 3.75. The van der Waals surface area contributed by atoms with E-state index in [9.17, 15) is 18.4 Å². The highest BCUT2D eigenvalue weighted by Gasteiger charge is 2.22. The summed E-state index contributed by atoms with van der Waals surface area (Å²) in [4.78, 5) is 23.9. The number of amides is 1. The van der Waals surface area contributed by atoms with Crippen LogP contribution in [0.2, 0.25) is 0 Å². The highest BCUT2D eigenvalue weighted by atomic mass is 32.2. The largest absolute Gasteiger partial charge is 0.468 e. The second kappa shape index (κ2) is 14.4. The number of nitrogens with one attached hydrogen (secondary N) is 1. The molecule has 0 aliphatic heterocycles. The van der Waals surface area contributed by atoms with Gasteiger partial charge in [0, 0.05) is 31.9 Å². The molecule has 1 unspecified atom stereocenters. The standard InChI is InChI=1S/C23H27F2NO5S.CH4O/c1-23(2,3)31-22(28)26-10-5-11-32-20(21(27)29-4)15-6-8-18(9-7-15)30-19-13-16(24)12-17(25)14-19;1-2/h6-9,12-14,20H,5,10-11H2,1-4H3,(H,26,28);2H,1H3. The Morgan fingerprint density at radius 1 is 1.03 bits per heavy atom. The third kappa shape index (κ3) is 10.8. The second-order valence-electron chi connectivity index (χ2n) is 7.83. The van der Waals surface area contributed by atoms with Gasteiger partial charge >= 0.3 is 12.1 Å². The van der Waals surface area contributed by atoms with Gasteiger partial charge in [-0.3, -0.25) is 4.79 Å². The van der Waals surface area contributed by atoms with Crippen molar-refractivity contribution in [2.24, 2.45) is 0 Å². The minimum Gasteiger partial charge on any atom is -0.468 e. The van der Waals surface area contributed by atoms with Crippen LogP contribution in [0.5, 0.6) is 11.5 Å². The molecule has 0 radical (unpaired) electrons. The van der Waals surface area contributed by atoms with Crippen LogP contribution < -0.4 is 10.1 Å². The Morgan fingerprint density at radius 3 is 2.15 bits per heavy atom. The van der Waals surface area contributed by atoms with Gasteiger partial charge < -0.3 is 24.6 Å². The molecule has 0 bridgehead atoms. The molecule has 34 heavy (non-hydrogen) atoms. The molecule has 1 atom stereocenters. The normalized spacial score (nSPS) is 11.5. The Morgan fingerprint density at radius 2 is 1.62 bits per heavy atom. The molecular formula is C24H31F2NO6S. The maximum absolute atomic E-state index is 13.3. The van der Waals surface area contributed by atoms with Crippen LogP contribution in [0.15, 0.2) is 42.5 Å². The van der Waals surface area contributed by atoms with Crippen LogP contribution in [0.25, 0.3) is 0 Å². The maximum atomic E-state index is 13.3. The van der Waals surface area contributed by atoms with Gasteiger partial charge in [0.05, 0.1) is 7.11 Å². The molecule has 0 heterocycles. The van der Waals surface area contributed by atoms with Gasteiger partial charge in [-0.1, -0.05) is 12.1 Å². The lowest BCUT2D eigenvalue weighted by Crippen LogP contribution is -2.33. The van der Waals surface area contributed by atoms with Crippen molar-refractivity contribution in [3.8, 4) is 11.5 Å². The Labute approximate surface area is 202 Å². The Balaban J connectivity index is 0.00000281. The Kier molecular flexibility index (Phi) is 12.4. The molecule has 7 nitrogen and oxygen atoms in total. The number of benzene rings is 2. The average molecular weight is 500 g/mol. The van der Waals surface area contributed by atoms with Crippen molar-refractivity contribution >= 4 is 23.8 Å². The summed E-state index contributed by atoms with van der Waals surface area (Å²) in [5, 5.41) is 9.11. The van der Waals surface area contributed by atoms with Crippen LogP contribution in [0, 0.1) is 11.6 Å². The molecule has 0 aliphatic carbocycles. The number of carbonyl (C=O) groups is 2. The van der Waals surface area contributed by atoms with Crippen LogP contribution in [-0.4, -0.2) is 49.3 Å². The van der Waals surface area contributed by atoms with E-state index in [1.165, 1.54) is 18.9 Å². The van der Waals surface area contributed by atoms with E-state index in [1.54, 1.807) is 45.0 Å². The Hall–Kier alpha value is -2.85. The monoisotopic (exact) mass is 499 g/mol. The Bertz CT molecular complexity index is 898. The molecule has 10 heteroatoms. The number of methoxy groups -OCH3 is 1. The zero-order valence-corrected chi connectivity index (χ0v) is 20.7. The number of thioether (sulfide) groups is 1. The van der Waals surface area contributed by atoms with Crippen molar-refractivity contribution in [3.05, 3.63) is 59.7 Å². The minimum absolute atomic E-state index is 0.0339. The molecule has 0 spiro atoms. The average Bonchev–Trinajstić information content (AvgIpc) is 2.76. The van der Waals surface area contributed by atoms with Gasteiger partial charge in [0.15, 0.2) is 0 Å². The van der Waals surface area contributed by atoms with E-state index in [0.717, 1.165) is 25.3 Å². The molecule has 2 aromatic rings. The highest BCUT2D eigenvalue weighted by Crippen LogP contribution is 2.32. The van der Waals surface area contributed by atoms with Gasteiger partial charge in [0.1, 0.15) is 34.0 Å². The third-order valence-corrected chi connectivity index (χ3v) is 5.27. The first-order valence-electron chi connectivity index (χ1n) is 10.4. The fourth-order valence-electron chi connectivity index (χ4n) is 2.62. The number of aliphatic hydroxyl groups excluding tert-OH is 1. The number of esters is 1. The molecule has 0 fully saturated rings.